The molecule has 0 aliphatic rings. The third-order valence-electron chi connectivity index (χ3n) is 5.28. The summed E-state index contributed by atoms with van der Waals surface area (Å²) in [5, 5.41) is 5.02. The van der Waals surface area contributed by atoms with Crippen molar-refractivity contribution in [2.24, 2.45) is 12.8 Å². The summed E-state index contributed by atoms with van der Waals surface area (Å²) in [6.07, 6.45) is 9.05. The van der Waals surface area contributed by atoms with Gasteiger partial charge in [-0.2, -0.15) is 5.10 Å². The Hall–Kier alpha value is -3.93. The highest BCUT2D eigenvalue weighted by Crippen LogP contribution is 2.33. The first-order valence-electron chi connectivity index (χ1n) is 9.62. The lowest BCUT2D eigenvalue weighted by molar-refractivity contribution is -0.113. The number of carbonyl (C=O) groups is 2. The second kappa shape index (κ2) is 7.83. The molecule has 0 saturated heterocycles. The Bertz CT molecular complexity index is 1290. The molecule has 2 aromatic heterocycles. The van der Waals surface area contributed by atoms with Crippen LogP contribution in [0.4, 0.5) is 0 Å². The fourth-order valence-corrected chi connectivity index (χ4v) is 3.73. The van der Waals surface area contributed by atoms with Gasteiger partial charge in [0.25, 0.3) is 5.91 Å². The molecule has 2 aromatic carbocycles. The van der Waals surface area contributed by atoms with Crippen LogP contribution < -0.4 is 5.73 Å². The van der Waals surface area contributed by atoms with Crippen molar-refractivity contribution in [1.29, 1.82) is 0 Å². The zero-order valence-electron chi connectivity index (χ0n) is 16.8. The largest absolute Gasteiger partial charge is 0.366 e. The van der Waals surface area contributed by atoms with E-state index in [1.165, 1.54) is 0 Å². The number of H-pyrrole nitrogens is 1. The number of aromatic nitrogens is 3. The molecule has 4 aromatic rings. The Balaban J connectivity index is 1.65. The molecule has 0 fully saturated rings. The minimum absolute atomic E-state index is 0.0231. The summed E-state index contributed by atoms with van der Waals surface area (Å²) in [6, 6.07) is 11.5. The van der Waals surface area contributed by atoms with Crippen LogP contribution >= 0.6 is 0 Å². The van der Waals surface area contributed by atoms with Gasteiger partial charge in [0, 0.05) is 36.8 Å². The number of benzene rings is 2. The average Bonchev–Trinajstić information content (AvgIpc) is 3.36. The van der Waals surface area contributed by atoms with E-state index in [9.17, 15) is 9.59 Å². The number of aromatic amines is 1. The van der Waals surface area contributed by atoms with Gasteiger partial charge in [-0.1, -0.05) is 24.3 Å². The van der Waals surface area contributed by atoms with Crippen LogP contribution in [-0.4, -0.2) is 26.5 Å². The Morgan fingerprint density at radius 3 is 2.73 bits per heavy atom. The molecule has 4 rings (SSSR count). The predicted molar refractivity (Wildman–Crippen MR) is 118 cm³/mol. The number of amides is 1. The number of hydrogen-bond donors (Lipinski definition) is 2. The zero-order valence-corrected chi connectivity index (χ0v) is 16.8. The Morgan fingerprint density at radius 1 is 1.17 bits per heavy atom. The minimum Gasteiger partial charge on any atom is -0.366 e. The zero-order chi connectivity index (χ0) is 21.3. The number of aryl methyl sites for hydroxylation is 1. The molecule has 0 saturated carbocycles. The number of nitrogens with two attached hydrogens (primary N) is 1. The summed E-state index contributed by atoms with van der Waals surface area (Å²) < 4.78 is 1.70. The number of rotatable bonds is 6. The van der Waals surface area contributed by atoms with Crippen molar-refractivity contribution in [2.75, 3.05) is 0 Å². The number of fused-ring (bicyclic) bond motifs is 1. The molecule has 0 spiro atoms. The summed E-state index contributed by atoms with van der Waals surface area (Å²) in [6.45, 7) is 2.02. The van der Waals surface area contributed by atoms with E-state index in [2.05, 4.69) is 10.1 Å². The summed E-state index contributed by atoms with van der Waals surface area (Å²) in [4.78, 5) is 27.3. The average molecular weight is 398 g/mol. The Labute approximate surface area is 174 Å². The molecule has 6 heteroatoms. The van der Waals surface area contributed by atoms with Crippen LogP contribution in [0.15, 0.2) is 61.1 Å². The van der Waals surface area contributed by atoms with E-state index in [1.807, 2.05) is 50.5 Å². The summed E-state index contributed by atoms with van der Waals surface area (Å²) >= 11 is 0. The maximum absolute atomic E-state index is 12.5. The fraction of sp³-hybridized carbons (Fsp3) is 0.125. The van der Waals surface area contributed by atoms with Gasteiger partial charge in [0.05, 0.1) is 17.3 Å². The van der Waals surface area contributed by atoms with Crippen molar-refractivity contribution in [1.82, 2.24) is 14.8 Å². The van der Waals surface area contributed by atoms with Crippen molar-refractivity contribution in [3.63, 3.8) is 0 Å². The molecule has 0 atom stereocenters. The van der Waals surface area contributed by atoms with Gasteiger partial charge in [0.2, 0.25) is 0 Å². The highest BCUT2D eigenvalue weighted by molar-refractivity contribution is 6.09. The Kier molecular flexibility index (Phi) is 5.06. The van der Waals surface area contributed by atoms with E-state index < -0.39 is 5.91 Å². The maximum Gasteiger partial charge on any atom is 0.250 e. The molecule has 0 aliphatic heterocycles. The van der Waals surface area contributed by atoms with Gasteiger partial charge in [-0.3, -0.25) is 14.3 Å². The van der Waals surface area contributed by atoms with Crippen LogP contribution in [-0.2, 0) is 18.3 Å². The van der Waals surface area contributed by atoms with Crippen molar-refractivity contribution in [2.45, 2.75) is 13.3 Å². The standard InChI is InChI=1S/C24H22N4O2/c1-15-17(12-18(29)7-6-16-13-27-28(2)14-16)4-3-5-19(15)20-8-9-22(24(25)30)23-21(20)10-11-26-23/h3-11,13-14,26H,12H2,1-2H3,(H2,25,30)/b7-6+. The van der Waals surface area contributed by atoms with Gasteiger partial charge in [-0.15, -0.1) is 0 Å². The predicted octanol–water partition coefficient (Wildman–Crippen LogP) is 3.80. The lowest BCUT2D eigenvalue weighted by Gasteiger charge is -2.13. The highest BCUT2D eigenvalue weighted by Gasteiger charge is 2.15. The van der Waals surface area contributed by atoms with E-state index in [0.717, 1.165) is 38.7 Å². The minimum atomic E-state index is -0.467. The summed E-state index contributed by atoms with van der Waals surface area (Å²) in [5.74, 6) is -0.444. The van der Waals surface area contributed by atoms with Crippen molar-refractivity contribution >= 4 is 28.7 Å². The van der Waals surface area contributed by atoms with Gasteiger partial charge in [-0.05, 0) is 53.5 Å². The second-order valence-electron chi connectivity index (χ2n) is 7.30. The van der Waals surface area contributed by atoms with E-state index in [0.29, 0.717) is 12.0 Å². The van der Waals surface area contributed by atoms with E-state index in [-0.39, 0.29) is 5.78 Å². The normalized spacial score (nSPS) is 11.4. The van der Waals surface area contributed by atoms with Crippen LogP contribution in [0, 0.1) is 6.92 Å². The van der Waals surface area contributed by atoms with Gasteiger partial charge in [0.15, 0.2) is 5.78 Å². The molecule has 3 N–H and O–H groups in total. The lowest BCUT2D eigenvalue weighted by Crippen LogP contribution is -2.11. The van der Waals surface area contributed by atoms with Crippen LogP contribution in [0.5, 0.6) is 0 Å². The number of hydrogen-bond acceptors (Lipinski definition) is 3. The smallest absolute Gasteiger partial charge is 0.250 e. The Morgan fingerprint density at radius 2 is 2.00 bits per heavy atom. The molecule has 30 heavy (non-hydrogen) atoms. The molecule has 0 radical (unpaired) electrons. The molecule has 0 aliphatic carbocycles. The van der Waals surface area contributed by atoms with E-state index in [1.54, 1.807) is 35.3 Å². The molecule has 1 amide bonds. The second-order valence-corrected chi connectivity index (χ2v) is 7.30. The van der Waals surface area contributed by atoms with Gasteiger partial charge < -0.3 is 10.7 Å². The lowest BCUT2D eigenvalue weighted by atomic mass is 9.91. The topological polar surface area (TPSA) is 93.8 Å². The number of ketones is 1. The first-order valence-corrected chi connectivity index (χ1v) is 9.62. The quantitative estimate of drug-likeness (QED) is 0.484. The van der Waals surface area contributed by atoms with E-state index >= 15 is 0 Å². The number of carbonyl (C=O) groups excluding carboxylic acids is 2. The van der Waals surface area contributed by atoms with Crippen molar-refractivity contribution in [3.05, 3.63) is 83.3 Å². The van der Waals surface area contributed by atoms with E-state index in [4.69, 9.17) is 5.73 Å². The third-order valence-corrected chi connectivity index (χ3v) is 5.28. The number of nitrogens with one attached hydrogen (secondary N) is 1. The molecule has 6 nitrogen and oxygen atoms in total. The number of nitrogens with zero attached hydrogens (tertiary/aromatic N) is 2. The third kappa shape index (κ3) is 3.67. The maximum atomic E-state index is 12.5. The monoisotopic (exact) mass is 398 g/mol. The summed E-state index contributed by atoms with van der Waals surface area (Å²) in [5.41, 5.74) is 11.6. The number of primary amides is 1. The van der Waals surface area contributed by atoms with Gasteiger partial charge in [0.1, 0.15) is 0 Å². The van der Waals surface area contributed by atoms with Crippen LogP contribution in [0.25, 0.3) is 28.1 Å². The fourth-order valence-electron chi connectivity index (χ4n) is 3.73. The number of allylic oxidation sites excluding steroid dienone is 1. The molecule has 0 unspecified atom stereocenters. The van der Waals surface area contributed by atoms with Gasteiger partial charge in [-0.25, -0.2) is 0 Å². The SMILES string of the molecule is Cc1c(CC(=O)/C=C/c2cnn(C)c2)cccc1-c1ccc(C(N)=O)c2[nH]ccc12. The molecule has 2 heterocycles. The molecule has 0 bridgehead atoms. The van der Waals surface area contributed by atoms with Crippen LogP contribution in [0.1, 0.15) is 27.0 Å². The molecular weight excluding hydrogens is 376 g/mol. The molecular formula is C24H22N4O2. The van der Waals surface area contributed by atoms with Crippen molar-refractivity contribution in [3.8, 4) is 11.1 Å². The van der Waals surface area contributed by atoms with Crippen LogP contribution in [0.2, 0.25) is 0 Å². The first-order chi connectivity index (χ1) is 14.4. The van der Waals surface area contributed by atoms with Crippen molar-refractivity contribution < 1.29 is 9.59 Å². The van der Waals surface area contributed by atoms with Crippen LogP contribution in [0.3, 0.4) is 0 Å². The van der Waals surface area contributed by atoms with Gasteiger partial charge >= 0.3 is 0 Å². The summed E-state index contributed by atoms with van der Waals surface area (Å²) in [7, 11) is 1.84. The first kappa shape index (κ1) is 19.4. The molecule has 150 valence electrons. The highest BCUT2D eigenvalue weighted by atomic mass is 16.1.